The Kier molecular flexibility index (Phi) is 6.19. The molecule has 0 atom stereocenters. The SMILES string of the molecule is C=CC(=O)Nc1ccc(Oc2c(C)cccc2C)c(-c2cn(C)c(=O)c3cc(NC)cnc23)c1. The Hall–Kier alpha value is -4.39. The minimum absolute atomic E-state index is 0.156. The maximum atomic E-state index is 12.9. The number of aromatic nitrogens is 2. The van der Waals surface area contributed by atoms with Gasteiger partial charge in [0.25, 0.3) is 5.56 Å². The lowest BCUT2D eigenvalue weighted by Gasteiger charge is -2.18. The van der Waals surface area contributed by atoms with Crippen LogP contribution < -0.4 is 20.9 Å². The predicted octanol–water partition coefficient (Wildman–Crippen LogP) is 5.18. The Balaban J connectivity index is 1.98. The summed E-state index contributed by atoms with van der Waals surface area (Å²) in [4.78, 5) is 29.4. The van der Waals surface area contributed by atoms with E-state index in [1.165, 1.54) is 10.6 Å². The molecule has 0 aliphatic heterocycles. The Morgan fingerprint density at radius 2 is 1.82 bits per heavy atom. The second-order valence-electron chi connectivity index (χ2n) is 8.06. The van der Waals surface area contributed by atoms with E-state index in [9.17, 15) is 9.59 Å². The van der Waals surface area contributed by atoms with Crippen molar-refractivity contribution in [1.82, 2.24) is 9.55 Å². The number of nitrogens with one attached hydrogen (secondary N) is 2. The molecule has 7 heteroatoms. The normalized spacial score (nSPS) is 10.7. The third-order valence-electron chi connectivity index (χ3n) is 5.65. The van der Waals surface area contributed by atoms with E-state index in [1.807, 2.05) is 38.1 Å². The number of ether oxygens (including phenoxy) is 1. The number of rotatable bonds is 6. The van der Waals surface area contributed by atoms with E-state index in [2.05, 4.69) is 22.2 Å². The summed E-state index contributed by atoms with van der Waals surface area (Å²) in [6.45, 7) is 7.50. The maximum Gasteiger partial charge on any atom is 0.259 e. The first-order chi connectivity index (χ1) is 16.3. The lowest BCUT2D eigenvalue weighted by molar-refractivity contribution is -0.111. The van der Waals surface area contributed by atoms with E-state index in [4.69, 9.17) is 4.74 Å². The number of amides is 1. The molecule has 2 heterocycles. The van der Waals surface area contributed by atoms with Crippen molar-refractivity contribution in [2.75, 3.05) is 17.7 Å². The molecule has 34 heavy (non-hydrogen) atoms. The van der Waals surface area contributed by atoms with Gasteiger partial charge in [0.05, 0.1) is 22.8 Å². The van der Waals surface area contributed by atoms with Gasteiger partial charge < -0.3 is 19.9 Å². The summed E-state index contributed by atoms with van der Waals surface area (Å²) >= 11 is 0. The molecule has 0 radical (unpaired) electrons. The average Bonchev–Trinajstić information content (AvgIpc) is 2.84. The third kappa shape index (κ3) is 4.28. The van der Waals surface area contributed by atoms with Crippen LogP contribution in [0.4, 0.5) is 11.4 Å². The lowest BCUT2D eigenvalue weighted by atomic mass is 10.0. The molecule has 0 bridgehead atoms. The first-order valence-corrected chi connectivity index (χ1v) is 10.8. The van der Waals surface area contributed by atoms with E-state index >= 15 is 0 Å². The van der Waals surface area contributed by atoms with Crippen molar-refractivity contribution >= 4 is 28.2 Å². The zero-order valence-corrected chi connectivity index (χ0v) is 19.6. The molecule has 2 N–H and O–H groups in total. The molecule has 0 unspecified atom stereocenters. The highest BCUT2D eigenvalue weighted by Gasteiger charge is 2.18. The molecule has 0 aliphatic rings. The molecule has 0 fully saturated rings. The monoisotopic (exact) mass is 454 g/mol. The van der Waals surface area contributed by atoms with Gasteiger partial charge in [0.1, 0.15) is 11.5 Å². The summed E-state index contributed by atoms with van der Waals surface area (Å²) < 4.78 is 7.94. The molecule has 0 saturated heterocycles. The van der Waals surface area contributed by atoms with Crippen molar-refractivity contribution in [3.63, 3.8) is 0 Å². The first-order valence-electron chi connectivity index (χ1n) is 10.8. The molecule has 4 rings (SSSR count). The number of hydrogen-bond donors (Lipinski definition) is 2. The van der Waals surface area contributed by atoms with Crippen molar-refractivity contribution in [2.45, 2.75) is 13.8 Å². The fraction of sp³-hybridized carbons (Fsp3) is 0.148. The van der Waals surface area contributed by atoms with E-state index in [-0.39, 0.29) is 11.5 Å². The van der Waals surface area contributed by atoms with E-state index in [0.717, 1.165) is 22.6 Å². The van der Waals surface area contributed by atoms with Gasteiger partial charge in [-0.05, 0) is 55.3 Å². The molecule has 4 aromatic rings. The van der Waals surface area contributed by atoms with Gasteiger partial charge in [-0.2, -0.15) is 0 Å². The summed E-state index contributed by atoms with van der Waals surface area (Å²) in [5.74, 6) is 1.01. The Labute approximate surface area is 197 Å². The van der Waals surface area contributed by atoms with Crippen molar-refractivity contribution < 1.29 is 9.53 Å². The molecule has 2 aromatic carbocycles. The molecule has 0 spiro atoms. The van der Waals surface area contributed by atoms with Crippen molar-refractivity contribution in [2.24, 2.45) is 7.05 Å². The van der Waals surface area contributed by atoms with Crippen LogP contribution >= 0.6 is 0 Å². The van der Waals surface area contributed by atoms with Gasteiger partial charge in [0.15, 0.2) is 0 Å². The number of pyridine rings is 2. The van der Waals surface area contributed by atoms with E-state index < -0.39 is 0 Å². The summed E-state index contributed by atoms with van der Waals surface area (Å²) in [6, 6.07) is 13.1. The number of fused-ring (bicyclic) bond motifs is 1. The number of carbonyl (C=O) groups is 1. The Bertz CT molecular complexity index is 1470. The molecule has 1 amide bonds. The number of anilines is 2. The van der Waals surface area contributed by atoms with Crippen LogP contribution in [0.5, 0.6) is 11.5 Å². The summed E-state index contributed by atoms with van der Waals surface area (Å²) in [7, 11) is 3.48. The van der Waals surface area contributed by atoms with Crippen LogP contribution in [0.3, 0.4) is 0 Å². The predicted molar refractivity (Wildman–Crippen MR) is 137 cm³/mol. The molecular formula is C27H26N4O3. The highest BCUT2D eigenvalue weighted by molar-refractivity contribution is 6.01. The summed E-state index contributed by atoms with van der Waals surface area (Å²) in [5, 5.41) is 6.30. The van der Waals surface area contributed by atoms with Crippen LogP contribution in [0.1, 0.15) is 11.1 Å². The smallest absolute Gasteiger partial charge is 0.259 e. The highest BCUT2D eigenvalue weighted by Crippen LogP contribution is 2.39. The van der Waals surface area contributed by atoms with Crippen LogP contribution in [-0.2, 0) is 11.8 Å². The molecule has 0 aliphatic carbocycles. The van der Waals surface area contributed by atoms with Crippen LogP contribution in [0.25, 0.3) is 22.0 Å². The second-order valence-corrected chi connectivity index (χ2v) is 8.06. The largest absolute Gasteiger partial charge is 0.456 e. The van der Waals surface area contributed by atoms with Crippen LogP contribution in [0.15, 0.2) is 72.3 Å². The van der Waals surface area contributed by atoms with E-state index in [1.54, 1.807) is 44.7 Å². The highest BCUT2D eigenvalue weighted by atomic mass is 16.5. The average molecular weight is 455 g/mol. The number of benzene rings is 2. The van der Waals surface area contributed by atoms with Crippen molar-refractivity contribution in [3.05, 3.63) is 89.0 Å². The van der Waals surface area contributed by atoms with Gasteiger partial charge >= 0.3 is 0 Å². The Morgan fingerprint density at radius 1 is 1.09 bits per heavy atom. The quantitative estimate of drug-likeness (QED) is 0.392. The summed E-state index contributed by atoms with van der Waals surface area (Å²) in [6.07, 6.45) is 4.63. The maximum absolute atomic E-state index is 12.9. The number of carbonyl (C=O) groups excluding carboxylic acids is 1. The molecule has 7 nitrogen and oxygen atoms in total. The van der Waals surface area contributed by atoms with Crippen LogP contribution in [-0.4, -0.2) is 22.5 Å². The van der Waals surface area contributed by atoms with Crippen molar-refractivity contribution in [1.29, 1.82) is 0 Å². The lowest BCUT2D eigenvalue weighted by Crippen LogP contribution is -2.17. The standard InChI is InChI=1S/C27H26N4O3/c1-6-24(32)30-18-10-11-23(34-26-16(2)8-7-9-17(26)3)20(12-18)22-15-31(5)27(33)21-13-19(28-4)14-29-25(21)22/h6-15,28H,1H2,2-5H3,(H,30,32). The van der Waals surface area contributed by atoms with Gasteiger partial charge in [0.2, 0.25) is 5.91 Å². The zero-order valence-electron chi connectivity index (χ0n) is 19.6. The number of para-hydroxylation sites is 1. The van der Waals surface area contributed by atoms with E-state index in [0.29, 0.717) is 33.5 Å². The minimum Gasteiger partial charge on any atom is -0.456 e. The number of hydrogen-bond acceptors (Lipinski definition) is 5. The minimum atomic E-state index is -0.323. The van der Waals surface area contributed by atoms with Crippen LogP contribution in [0, 0.1) is 13.8 Å². The molecule has 2 aromatic heterocycles. The molecular weight excluding hydrogens is 428 g/mol. The van der Waals surface area contributed by atoms with Gasteiger partial charge in [0, 0.05) is 37.1 Å². The van der Waals surface area contributed by atoms with Crippen LogP contribution in [0.2, 0.25) is 0 Å². The van der Waals surface area contributed by atoms with Gasteiger partial charge in [-0.1, -0.05) is 24.8 Å². The second kappa shape index (κ2) is 9.23. The van der Waals surface area contributed by atoms with Gasteiger partial charge in [-0.25, -0.2) is 0 Å². The molecule has 172 valence electrons. The Morgan fingerprint density at radius 3 is 2.50 bits per heavy atom. The fourth-order valence-corrected chi connectivity index (χ4v) is 3.85. The topological polar surface area (TPSA) is 85.2 Å². The van der Waals surface area contributed by atoms with Gasteiger partial charge in [-0.3, -0.25) is 14.6 Å². The van der Waals surface area contributed by atoms with Crippen molar-refractivity contribution in [3.8, 4) is 22.6 Å². The fourth-order valence-electron chi connectivity index (χ4n) is 3.85. The summed E-state index contributed by atoms with van der Waals surface area (Å²) in [5.41, 5.74) is 5.08. The number of aryl methyl sites for hydroxylation is 3. The molecule has 0 saturated carbocycles. The van der Waals surface area contributed by atoms with Gasteiger partial charge in [-0.15, -0.1) is 0 Å². The number of nitrogens with zero attached hydrogens (tertiary/aromatic N) is 2. The third-order valence-corrected chi connectivity index (χ3v) is 5.65. The first kappa shape index (κ1) is 22.8. The zero-order chi connectivity index (χ0) is 24.4.